The van der Waals surface area contributed by atoms with Crippen LogP contribution in [0, 0.1) is 0 Å². The molecule has 1 heterocycles. The molecule has 1 aromatic heterocycles. The van der Waals surface area contributed by atoms with Gasteiger partial charge in [0.2, 0.25) is 6.17 Å². The van der Waals surface area contributed by atoms with Crippen molar-refractivity contribution in [1.82, 2.24) is 10.2 Å². The van der Waals surface area contributed by atoms with E-state index in [1.807, 2.05) is 0 Å². The number of aromatic nitrogens is 2. The highest BCUT2D eigenvalue weighted by Gasteiger charge is 2.24. The Labute approximate surface area is 84.0 Å². The number of H-pyrrole nitrogens is 1. The fraction of sp³-hybridized carbons (Fsp3) is 0.375. The van der Waals surface area contributed by atoms with Gasteiger partial charge in [0.25, 0.3) is 0 Å². The predicted octanol–water partition coefficient (Wildman–Crippen LogP) is 0.682. The van der Waals surface area contributed by atoms with Crippen LogP contribution in [0.3, 0.4) is 0 Å². The highest BCUT2D eigenvalue weighted by molar-refractivity contribution is 5.86. The molecule has 1 aromatic rings. The highest BCUT2D eigenvalue weighted by Crippen LogP contribution is 2.17. The van der Waals surface area contributed by atoms with Crippen molar-refractivity contribution >= 4 is 11.9 Å². The lowest BCUT2D eigenvalue weighted by molar-refractivity contribution is -0.149. The third kappa shape index (κ3) is 2.52. The van der Waals surface area contributed by atoms with Gasteiger partial charge in [0, 0.05) is 0 Å². The van der Waals surface area contributed by atoms with E-state index < -0.39 is 18.1 Å². The minimum Gasteiger partial charge on any atom is -0.476 e. The van der Waals surface area contributed by atoms with Crippen molar-refractivity contribution in [3.8, 4) is 0 Å². The molecule has 0 radical (unpaired) electrons. The lowest BCUT2D eigenvalue weighted by Gasteiger charge is -2.03. The van der Waals surface area contributed by atoms with Gasteiger partial charge in [-0.15, -0.1) is 0 Å². The van der Waals surface area contributed by atoms with Gasteiger partial charge in [0.1, 0.15) is 0 Å². The summed E-state index contributed by atoms with van der Waals surface area (Å²) >= 11 is 0. The Morgan fingerprint density at radius 3 is 2.87 bits per heavy atom. The SMILES string of the molecule is CCOC(=O)C(F)c1cc(C(=O)O)n[nH]1. The summed E-state index contributed by atoms with van der Waals surface area (Å²) in [6.07, 6.45) is -2.04. The minimum atomic E-state index is -2.04. The fourth-order valence-corrected chi connectivity index (χ4v) is 0.918. The van der Waals surface area contributed by atoms with Crippen LogP contribution in [0.25, 0.3) is 0 Å². The lowest BCUT2D eigenvalue weighted by atomic mass is 10.2. The van der Waals surface area contributed by atoms with E-state index in [1.165, 1.54) is 0 Å². The maximum Gasteiger partial charge on any atom is 0.356 e. The van der Waals surface area contributed by atoms with Gasteiger partial charge in [-0.2, -0.15) is 5.10 Å². The fourth-order valence-electron chi connectivity index (χ4n) is 0.918. The second-order valence-corrected chi connectivity index (χ2v) is 2.63. The van der Waals surface area contributed by atoms with Crippen LogP contribution in [0.1, 0.15) is 29.3 Å². The molecule has 82 valence electrons. The Bertz CT molecular complexity index is 376. The van der Waals surface area contributed by atoms with Crippen LogP contribution in [0.5, 0.6) is 0 Å². The summed E-state index contributed by atoms with van der Waals surface area (Å²) in [5.74, 6) is -2.37. The topological polar surface area (TPSA) is 92.3 Å². The Kier molecular flexibility index (Phi) is 3.37. The highest BCUT2D eigenvalue weighted by atomic mass is 19.1. The predicted molar refractivity (Wildman–Crippen MR) is 46.0 cm³/mol. The average Bonchev–Trinajstić information content (AvgIpc) is 2.65. The number of carbonyl (C=O) groups excluding carboxylic acids is 1. The largest absolute Gasteiger partial charge is 0.476 e. The molecule has 0 saturated carbocycles. The molecule has 0 aromatic carbocycles. The van der Waals surface area contributed by atoms with Gasteiger partial charge < -0.3 is 9.84 Å². The number of carboxylic acids is 1. The molecule has 0 bridgehead atoms. The zero-order valence-corrected chi connectivity index (χ0v) is 7.86. The van der Waals surface area contributed by atoms with Crippen molar-refractivity contribution in [2.75, 3.05) is 6.61 Å². The molecule has 1 rings (SSSR count). The third-order valence-corrected chi connectivity index (χ3v) is 1.58. The molecule has 0 aliphatic carbocycles. The number of aromatic amines is 1. The van der Waals surface area contributed by atoms with Crippen LogP contribution >= 0.6 is 0 Å². The van der Waals surface area contributed by atoms with Crippen LogP contribution in [-0.2, 0) is 9.53 Å². The number of alkyl halides is 1. The quantitative estimate of drug-likeness (QED) is 0.722. The van der Waals surface area contributed by atoms with E-state index in [0.29, 0.717) is 0 Å². The zero-order chi connectivity index (χ0) is 11.4. The number of hydrogen-bond acceptors (Lipinski definition) is 4. The molecule has 0 fully saturated rings. The summed E-state index contributed by atoms with van der Waals surface area (Å²) < 4.78 is 17.7. The van der Waals surface area contributed by atoms with Gasteiger partial charge in [-0.25, -0.2) is 14.0 Å². The van der Waals surface area contributed by atoms with E-state index in [4.69, 9.17) is 5.11 Å². The van der Waals surface area contributed by atoms with Crippen molar-refractivity contribution in [2.24, 2.45) is 0 Å². The normalized spacial score (nSPS) is 12.1. The second-order valence-electron chi connectivity index (χ2n) is 2.63. The number of halogens is 1. The summed E-state index contributed by atoms with van der Waals surface area (Å²) in [7, 11) is 0. The number of carbonyl (C=O) groups is 2. The summed E-state index contributed by atoms with van der Waals surface area (Å²) in [5.41, 5.74) is -0.581. The molecular weight excluding hydrogens is 207 g/mol. The van der Waals surface area contributed by atoms with Crippen molar-refractivity contribution in [3.05, 3.63) is 17.5 Å². The molecule has 1 unspecified atom stereocenters. The van der Waals surface area contributed by atoms with Gasteiger partial charge in [-0.1, -0.05) is 0 Å². The first-order chi connectivity index (χ1) is 7.06. The number of ether oxygens (including phenoxy) is 1. The van der Waals surface area contributed by atoms with Gasteiger partial charge >= 0.3 is 11.9 Å². The van der Waals surface area contributed by atoms with Crippen LogP contribution < -0.4 is 0 Å². The summed E-state index contributed by atoms with van der Waals surface area (Å²) in [4.78, 5) is 21.3. The second kappa shape index (κ2) is 4.54. The van der Waals surface area contributed by atoms with Crippen LogP contribution in [0.4, 0.5) is 4.39 Å². The van der Waals surface area contributed by atoms with E-state index in [9.17, 15) is 14.0 Å². The van der Waals surface area contributed by atoms with Crippen molar-refractivity contribution in [2.45, 2.75) is 13.1 Å². The zero-order valence-electron chi connectivity index (χ0n) is 7.86. The molecule has 2 N–H and O–H groups in total. The molecule has 0 aliphatic heterocycles. The van der Waals surface area contributed by atoms with E-state index in [-0.39, 0.29) is 18.0 Å². The summed E-state index contributed by atoms with van der Waals surface area (Å²) in [5, 5.41) is 13.9. The lowest BCUT2D eigenvalue weighted by Crippen LogP contribution is -2.12. The molecule has 0 amide bonds. The molecule has 7 heteroatoms. The molecule has 15 heavy (non-hydrogen) atoms. The molecule has 6 nitrogen and oxygen atoms in total. The van der Waals surface area contributed by atoms with E-state index >= 15 is 0 Å². The first-order valence-electron chi connectivity index (χ1n) is 4.15. The Balaban J connectivity index is 2.78. The molecule has 0 saturated heterocycles. The Morgan fingerprint density at radius 2 is 2.40 bits per heavy atom. The first-order valence-corrected chi connectivity index (χ1v) is 4.15. The van der Waals surface area contributed by atoms with Crippen LogP contribution in [-0.4, -0.2) is 33.8 Å². The van der Waals surface area contributed by atoms with Gasteiger partial charge in [-0.05, 0) is 13.0 Å². The number of rotatable bonds is 4. The van der Waals surface area contributed by atoms with E-state index in [0.717, 1.165) is 6.07 Å². The van der Waals surface area contributed by atoms with Crippen molar-refractivity contribution in [3.63, 3.8) is 0 Å². The first kappa shape index (κ1) is 11.2. The molecule has 0 aliphatic rings. The summed E-state index contributed by atoms with van der Waals surface area (Å²) in [6, 6.07) is 0.948. The van der Waals surface area contributed by atoms with E-state index in [2.05, 4.69) is 14.9 Å². The number of nitrogens with zero attached hydrogens (tertiary/aromatic N) is 1. The summed E-state index contributed by atoms with van der Waals surface area (Å²) in [6.45, 7) is 1.60. The number of aromatic carboxylic acids is 1. The number of nitrogens with one attached hydrogen (secondary N) is 1. The number of carboxylic acid groups (broad SMARTS) is 1. The Morgan fingerprint density at radius 1 is 1.73 bits per heavy atom. The Hall–Kier alpha value is -1.92. The number of hydrogen-bond donors (Lipinski definition) is 2. The maximum absolute atomic E-state index is 13.3. The molecule has 1 atom stereocenters. The number of esters is 1. The molecular formula is C8H9FN2O4. The maximum atomic E-state index is 13.3. The molecule has 0 spiro atoms. The van der Waals surface area contributed by atoms with Gasteiger partial charge in [-0.3, -0.25) is 5.10 Å². The monoisotopic (exact) mass is 216 g/mol. The smallest absolute Gasteiger partial charge is 0.356 e. The van der Waals surface area contributed by atoms with Crippen molar-refractivity contribution in [1.29, 1.82) is 0 Å². The van der Waals surface area contributed by atoms with Gasteiger partial charge in [0.15, 0.2) is 5.69 Å². The van der Waals surface area contributed by atoms with E-state index in [1.54, 1.807) is 6.92 Å². The minimum absolute atomic E-state index is 0.0547. The standard InChI is InChI=1S/C8H9FN2O4/c1-2-15-8(14)6(9)4-3-5(7(12)13)11-10-4/h3,6H,2H2,1H3,(H,10,11)(H,12,13). The van der Waals surface area contributed by atoms with Crippen LogP contribution in [0.15, 0.2) is 6.07 Å². The van der Waals surface area contributed by atoms with Crippen molar-refractivity contribution < 1.29 is 23.8 Å². The van der Waals surface area contributed by atoms with Crippen LogP contribution in [0.2, 0.25) is 0 Å². The third-order valence-electron chi connectivity index (χ3n) is 1.58. The van der Waals surface area contributed by atoms with Gasteiger partial charge in [0.05, 0.1) is 12.3 Å². The average molecular weight is 216 g/mol.